The van der Waals surface area contributed by atoms with Crippen LogP contribution in [0, 0.1) is 6.92 Å². The smallest absolute Gasteiger partial charge is 0.266 e. The van der Waals surface area contributed by atoms with Crippen LogP contribution in [-0.2, 0) is 0 Å². The van der Waals surface area contributed by atoms with E-state index in [0.717, 1.165) is 48.4 Å². The van der Waals surface area contributed by atoms with Crippen LogP contribution in [0.4, 0.5) is 0 Å². The van der Waals surface area contributed by atoms with Crippen LogP contribution in [0.15, 0.2) is 60.9 Å². The molecule has 1 amide bonds. The molecule has 5 nitrogen and oxygen atoms in total. The molecule has 0 unspecified atom stereocenters. The Morgan fingerprint density at radius 2 is 1.79 bits per heavy atom. The number of carbonyl (C=O) groups is 1. The van der Waals surface area contributed by atoms with Crippen LogP contribution in [0.2, 0.25) is 0 Å². The SMILES string of the molecule is Cc1nc(-n2cccc2)sc1C(=O)N1CCN(C/C=C/c2ccccc2)CC1. The number of amides is 1. The zero-order valence-corrected chi connectivity index (χ0v) is 16.8. The van der Waals surface area contributed by atoms with E-state index in [9.17, 15) is 4.79 Å². The monoisotopic (exact) mass is 392 g/mol. The summed E-state index contributed by atoms with van der Waals surface area (Å²) in [5.41, 5.74) is 2.03. The van der Waals surface area contributed by atoms with Crippen LogP contribution < -0.4 is 0 Å². The van der Waals surface area contributed by atoms with Crippen molar-refractivity contribution in [2.75, 3.05) is 32.7 Å². The fourth-order valence-corrected chi connectivity index (χ4v) is 4.33. The average molecular weight is 393 g/mol. The fraction of sp³-hybridized carbons (Fsp3) is 0.273. The molecule has 3 heterocycles. The normalized spacial score (nSPS) is 15.4. The fourth-order valence-electron chi connectivity index (χ4n) is 3.33. The van der Waals surface area contributed by atoms with E-state index in [-0.39, 0.29) is 5.91 Å². The minimum Gasteiger partial charge on any atom is -0.335 e. The van der Waals surface area contributed by atoms with E-state index >= 15 is 0 Å². The first-order chi connectivity index (χ1) is 13.7. The molecule has 1 aliphatic heterocycles. The zero-order chi connectivity index (χ0) is 19.3. The second kappa shape index (κ2) is 8.54. The molecule has 144 valence electrons. The van der Waals surface area contributed by atoms with Gasteiger partial charge in [-0.15, -0.1) is 0 Å². The summed E-state index contributed by atoms with van der Waals surface area (Å²) >= 11 is 1.47. The van der Waals surface area contributed by atoms with Crippen molar-refractivity contribution in [3.63, 3.8) is 0 Å². The first-order valence-electron chi connectivity index (χ1n) is 9.55. The molecule has 1 aliphatic rings. The van der Waals surface area contributed by atoms with Crippen LogP contribution in [0.1, 0.15) is 20.9 Å². The van der Waals surface area contributed by atoms with E-state index in [1.807, 2.05) is 59.1 Å². The molecule has 0 radical (unpaired) electrons. The Labute approximate surface area is 169 Å². The molecule has 0 atom stereocenters. The number of aryl methyl sites for hydroxylation is 1. The van der Waals surface area contributed by atoms with Crippen molar-refractivity contribution in [3.8, 4) is 5.13 Å². The van der Waals surface area contributed by atoms with E-state index in [1.54, 1.807) is 0 Å². The van der Waals surface area contributed by atoms with Crippen molar-refractivity contribution in [2.24, 2.45) is 0 Å². The highest BCUT2D eigenvalue weighted by molar-refractivity contribution is 7.16. The predicted octanol–water partition coefficient (Wildman–Crippen LogP) is 3.71. The van der Waals surface area contributed by atoms with E-state index in [1.165, 1.54) is 16.9 Å². The van der Waals surface area contributed by atoms with Crippen molar-refractivity contribution in [1.82, 2.24) is 19.4 Å². The molecule has 0 N–H and O–H groups in total. The van der Waals surface area contributed by atoms with Gasteiger partial charge in [-0.1, -0.05) is 53.8 Å². The first kappa shape index (κ1) is 18.7. The van der Waals surface area contributed by atoms with Crippen molar-refractivity contribution >= 4 is 23.3 Å². The van der Waals surface area contributed by atoms with Gasteiger partial charge in [-0.05, 0) is 24.6 Å². The van der Waals surface area contributed by atoms with E-state index in [4.69, 9.17) is 0 Å². The maximum Gasteiger partial charge on any atom is 0.266 e. The van der Waals surface area contributed by atoms with Gasteiger partial charge in [0.1, 0.15) is 4.88 Å². The number of rotatable bonds is 5. The number of nitrogens with zero attached hydrogens (tertiary/aromatic N) is 4. The highest BCUT2D eigenvalue weighted by Crippen LogP contribution is 2.23. The molecular weight excluding hydrogens is 368 g/mol. The Balaban J connectivity index is 1.32. The largest absolute Gasteiger partial charge is 0.335 e. The number of hydrogen-bond acceptors (Lipinski definition) is 4. The van der Waals surface area contributed by atoms with Gasteiger partial charge in [-0.2, -0.15) is 0 Å². The quantitative estimate of drug-likeness (QED) is 0.665. The lowest BCUT2D eigenvalue weighted by atomic mass is 10.2. The molecule has 1 aromatic carbocycles. The summed E-state index contributed by atoms with van der Waals surface area (Å²) in [4.78, 5) is 22.6. The van der Waals surface area contributed by atoms with Crippen molar-refractivity contribution in [2.45, 2.75) is 6.92 Å². The third-order valence-electron chi connectivity index (χ3n) is 4.94. The Morgan fingerprint density at radius 1 is 1.07 bits per heavy atom. The third-order valence-corrected chi connectivity index (χ3v) is 6.10. The molecule has 1 saturated heterocycles. The molecule has 0 aliphatic carbocycles. The Bertz CT molecular complexity index is 938. The Hall–Kier alpha value is -2.70. The highest BCUT2D eigenvalue weighted by Gasteiger charge is 2.25. The van der Waals surface area contributed by atoms with Gasteiger partial charge >= 0.3 is 0 Å². The highest BCUT2D eigenvalue weighted by atomic mass is 32.1. The lowest BCUT2D eigenvalue weighted by Crippen LogP contribution is -2.48. The minimum atomic E-state index is 0.105. The second-order valence-corrected chi connectivity index (χ2v) is 7.88. The topological polar surface area (TPSA) is 41.4 Å². The molecule has 0 spiro atoms. The first-order valence-corrected chi connectivity index (χ1v) is 10.4. The predicted molar refractivity (Wildman–Crippen MR) is 114 cm³/mol. The summed E-state index contributed by atoms with van der Waals surface area (Å²) in [6, 6.07) is 14.3. The summed E-state index contributed by atoms with van der Waals surface area (Å²) in [6.45, 7) is 6.14. The average Bonchev–Trinajstić information content (AvgIpc) is 3.39. The van der Waals surface area contributed by atoms with Gasteiger partial charge in [0.25, 0.3) is 5.91 Å². The Morgan fingerprint density at radius 3 is 2.50 bits per heavy atom. The zero-order valence-electron chi connectivity index (χ0n) is 16.0. The molecule has 28 heavy (non-hydrogen) atoms. The lowest BCUT2D eigenvalue weighted by Gasteiger charge is -2.34. The van der Waals surface area contributed by atoms with Crippen LogP contribution in [-0.4, -0.2) is 58.0 Å². The van der Waals surface area contributed by atoms with E-state index in [0.29, 0.717) is 0 Å². The summed E-state index contributed by atoms with van der Waals surface area (Å²) in [5, 5.41) is 0.843. The summed E-state index contributed by atoms with van der Waals surface area (Å²) in [5.74, 6) is 0.105. The molecular formula is C22H24N4OS. The number of hydrogen-bond donors (Lipinski definition) is 0. The molecule has 3 aromatic rings. The van der Waals surface area contributed by atoms with Gasteiger partial charge in [0.15, 0.2) is 5.13 Å². The Kier molecular flexibility index (Phi) is 5.69. The maximum atomic E-state index is 13.0. The van der Waals surface area contributed by atoms with Crippen LogP contribution in [0.25, 0.3) is 11.2 Å². The third kappa shape index (κ3) is 4.24. The summed E-state index contributed by atoms with van der Waals surface area (Å²) in [6.07, 6.45) is 8.26. The van der Waals surface area contributed by atoms with Gasteiger partial charge in [-0.25, -0.2) is 4.98 Å². The number of aromatic nitrogens is 2. The molecule has 0 bridgehead atoms. The van der Waals surface area contributed by atoms with Crippen LogP contribution in [0.3, 0.4) is 0 Å². The molecule has 1 fully saturated rings. The molecule has 2 aromatic heterocycles. The van der Waals surface area contributed by atoms with Crippen molar-refractivity contribution in [3.05, 3.63) is 77.1 Å². The van der Waals surface area contributed by atoms with Crippen LogP contribution in [0.5, 0.6) is 0 Å². The van der Waals surface area contributed by atoms with E-state index < -0.39 is 0 Å². The number of thiazole rings is 1. The van der Waals surface area contributed by atoms with Gasteiger partial charge in [0.2, 0.25) is 0 Å². The van der Waals surface area contributed by atoms with Gasteiger partial charge in [0, 0.05) is 45.1 Å². The lowest BCUT2D eigenvalue weighted by molar-refractivity contribution is 0.0654. The van der Waals surface area contributed by atoms with Crippen molar-refractivity contribution in [1.29, 1.82) is 0 Å². The molecule has 4 rings (SSSR count). The summed E-state index contributed by atoms with van der Waals surface area (Å²) in [7, 11) is 0. The number of benzene rings is 1. The number of carbonyl (C=O) groups excluding carboxylic acids is 1. The standard InChI is InChI=1S/C22H24N4OS/c1-18-20(28-22(23-18)26-12-5-6-13-26)21(27)25-16-14-24(15-17-25)11-7-10-19-8-3-2-4-9-19/h2-10,12-13H,11,14-17H2,1H3/b10-7+. The maximum absolute atomic E-state index is 13.0. The molecule has 0 saturated carbocycles. The second-order valence-electron chi connectivity index (χ2n) is 6.91. The van der Waals surface area contributed by atoms with E-state index in [2.05, 4.69) is 34.2 Å². The van der Waals surface area contributed by atoms with Gasteiger partial charge in [-0.3, -0.25) is 9.69 Å². The van der Waals surface area contributed by atoms with Crippen molar-refractivity contribution < 1.29 is 4.79 Å². The van der Waals surface area contributed by atoms with Crippen LogP contribution >= 0.6 is 11.3 Å². The molecule has 6 heteroatoms. The summed E-state index contributed by atoms with van der Waals surface area (Å²) < 4.78 is 1.95. The van der Waals surface area contributed by atoms with Gasteiger partial charge < -0.3 is 9.47 Å². The number of piperazine rings is 1. The minimum absolute atomic E-state index is 0.105. The van der Waals surface area contributed by atoms with Gasteiger partial charge in [0.05, 0.1) is 5.69 Å².